The van der Waals surface area contributed by atoms with Gasteiger partial charge in [0.1, 0.15) is 30.5 Å². The van der Waals surface area contributed by atoms with E-state index in [1.165, 1.54) is 40.1 Å². The second kappa shape index (κ2) is 12.1. The van der Waals surface area contributed by atoms with Gasteiger partial charge in [-0.15, -0.1) is 11.3 Å². The predicted molar refractivity (Wildman–Crippen MR) is 133 cm³/mol. The lowest BCUT2D eigenvalue weighted by Gasteiger charge is -2.37. The van der Waals surface area contributed by atoms with Gasteiger partial charge in [-0.05, 0) is 54.1 Å². The van der Waals surface area contributed by atoms with Crippen LogP contribution < -0.4 is 4.74 Å². The number of nitrogens with zero attached hydrogens (tertiary/aromatic N) is 2. The van der Waals surface area contributed by atoms with Crippen molar-refractivity contribution < 1.29 is 27.8 Å². The van der Waals surface area contributed by atoms with Crippen molar-refractivity contribution >= 4 is 23.2 Å². The number of ether oxygens (including phenoxy) is 2. The van der Waals surface area contributed by atoms with Crippen molar-refractivity contribution in [3.8, 4) is 5.75 Å². The molecule has 2 heterocycles. The molecule has 1 aromatic heterocycles. The fraction of sp³-hybridized carbons (Fsp3) is 0.333. The molecule has 2 amide bonds. The second-order valence-electron chi connectivity index (χ2n) is 8.47. The molecule has 1 aliphatic heterocycles. The van der Waals surface area contributed by atoms with Crippen LogP contribution in [0.1, 0.15) is 33.3 Å². The first kappa shape index (κ1) is 25.8. The molecule has 9 heteroatoms. The molecule has 0 aliphatic carbocycles. The first-order chi connectivity index (χ1) is 17.5. The molecule has 3 aromatic rings. The molecule has 0 saturated carbocycles. The van der Waals surface area contributed by atoms with Crippen LogP contribution in [0.2, 0.25) is 0 Å². The summed E-state index contributed by atoms with van der Waals surface area (Å²) >= 11 is 1.62. The van der Waals surface area contributed by atoms with Crippen molar-refractivity contribution in [3.05, 3.63) is 87.6 Å². The fourth-order valence-corrected chi connectivity index (χ4v) is 5.25. The van der Waals surface area contributed by atoms with Crippen molar-refractivity contribution in [3.63, 3.8) is 0 Å². The molecule has 36 heavy (non-hydrogen) atoms. The molecule has 0 spiro atoms. The van der Waals surface area contributed by atoms with E-state index in [1.54, 1.807) is 41.5 Å². The highest BCUT2D eigenvalue weighted by molar-refractivity contribution is 7.10. The average molecular weight is 515 g/mol. The fourth-order valence-electron chi connectivity index (χ4n) is 4.32. The van der Waals surface area contributed by atoms with Gasteiger partial charge in [-0.2, -0.15) is 0 Å². The number of thiophene rings is 1. The van der Waals surface area contributed by atoms with E-state index in [0.29, 0.717) is 31.7 Å². The highest BCUT2D eigenvalue weighted by Gasteiger charge is 2.34. The zero-order valence-electron chi connectivity index (χ0n) is 20.0. The van der Waals surface area contributed by atoms with Gasteiger partial charge in [0, 0.05) is 37.7 Å². The maximum absolute atomic E-state index is 14.4. The van der Waals surface area contributed by atoms with Gasteiger partial charge in [-0.3, -0.25) is 9.59 Å². The van der Waals surface area contributed by atoms with E-state index < -0.39 is 17.5 Å². The Morgan fingerprint density at radius 2 is 1.97 bits per heavy atom. The Labute approximate surface area is 213 Å². The van der Waals surface area contributed by atoms with Crippen LogP contribution in [0.25, 0.3) is 0 Å². The van der Waals surface area contributed by atoms with Gasteiger partial charge in [0.15, 0.2) is 0 Å². The van der Waals surface area contributed by atoms with Crippen LogP contribution in [0.15, 0.2) is 60.0 Å². The van der Waals surface area contributed by atoms with E-state index >= 15 is 0 Å². The molecule has 1 atom stereocenters. The van der Waals surface area contributed by atoms with E-state index in [9.17, 15) is 18.4 Å². The SMILES string of the molecule is COCCCN(CC(=O)N1CCc2sccc2C1COc1cccc(F)c1)C(=O)c1ccccc1F. The van der Waals surface area contributed by atoms with Crippen LogP contribution in [0.4, 0.5) is 8.78 Å². The molecule has 2 aromatic carbocycles. The Morgan fingerprint density at radius 3 is 2.75 bits per heavy atom. The summed E-state index contributed by atoms with van der Waals surface area (Å²) in [6.07, 6.45) is 1.20. The van der Waals surface area contributed by atoms with E-state index in [4.69, 9.17) is 9.47 Å². The normalized spacial score (nSPS) is 14.9. The minimum absolute atomic E-state index is 0.0764. The van der Waals surface area contributed by atoms with Gasteiger partial charge < -0.3 is 19.3 Å². The monoisotopic (exact) mass is 514 g/mol. The van der Waals surface area contributed by atoms with Crippen LogP contribution >= 0.6 is 11.3 Å². The first-order valence-corrected chi connectivity index (χ1v) is 12.6. The highest BCUT2D eigenvalue weighted by atomic mass is 32.1. The topological polar surface area (TPSA) is 59.1 Å². The Balaban J connectivity index is 1.53. The molecule has 0 fully saturated rings. The molecule has 0 saturated heterocycles. The molecule has 4 rings (SSSR count). The summed E-state index contributed by atoms with van der Waals surface area (Å²) in [6.45, 7) is 1.05. The third kappa shape index (κ3) is 6.09. The summed E-state index contributed by atoms with van der Waals surface area (Å²) in [6, 6.07) is 13.2. The third-order valence-corrected chi connectivity index (χ3v) is 7.11. The summed E-state index contributed by atoms with van der Waals surface area (Å²) in [5.74, 6) is -1.46. The number of carbonyl (C=O) groups is 2. The molecule has 0 bridgehead atoms. The summed E-state index contributed by atoms with van der Waals surface area (Å²) in [5, 5.41) is 1.98. The van der Waals surface area contributed by atoms with Crippen molar-refractivity contribution in [1.29, 1.82) is 0 Å². The lowest BCUT2D eigenvalue weighted by Crippen LogP contribution is -2.48. The maximum Gasteiger partial charge on any atom is 0.257 e. The zero-order chi connectivity index (χ0) is 25.5. The maximum atomic E-state index is 14.4. The molecular weight excluding hydrogens is 486 g/mol. The summed E-state index contributed by atoms with van der Waals surface area (Å²) in [5.41, 5.74) is 0.912. The van der Waals surface area contributed by atoms with Crippen molar-refractivity contribution in [2.75, 3.05) is 40.0 Å². The summed E-state index contributed by atoms with van der Waals surface area (Å²) in [4.78, 5) is 31.0. The van der Waals surface area contributed by atoms with E-state index in [1.807, 2.05) is 11.4 Å². The Bertz CT molecular complexity index is 1200. The van der Waals surface area contributed by atoms with Crippen molar-refractivity contribution in [2.24, 2.45) is 0 Å². The van der Waals surface area contributed by atoms with Gasteiger partial charge in [0.05, 0.1) is 11.6 Å². The van der Waals surface area contributed by atoms with Crippen LogP contribution in [0, 0.1) is 11.6 Å². The van der Waals surface area contributed by atoms with Crippen molar-refractivity contribution in [2.45, 2.75) is 18.9 Å². The van der Waals surface area contributed by atoms with Crippen LogP contribution in [0.3, 0.4) is 0 Å². The number of carbonyl (C=O) groups excluding carboxylic acids is 2. The average Bonchev–Trinajstić information content (AvgIpc) is 3.36. The minimum atomic E-state index is -0.631. The Morgan fingerprint density at radius 1 is 1.14 bits per heavy atom. The molecule has 0 N–H and O–H groups in total. The second-order valence-corrected chi connectivity index (χ2v) is 9.47. The standard InChI is InChI=1S/C27H28F2N2O4S/c1-34-14-5-12-30(27(33)21-8-2-3-9-23(21)29)17-26(32)31-13-10-25-22(11-15-36-25)24(31)18-35-20-7-4-6-19(28)16-20/h2-4,6-9,11,15-16,24H,5,10,12-14,17-18H2,1H3. The van der Waals surface area contributed by atoms with Crippen LogP contribution in [-0.4, -0.2) is 61.6 Å². The van der Waals surface area contributed by atoms with Gasteiger partial charge in [0.25, 0.3) is 5.91 Å². The number of rotatable bonds is 10. The summed E-state index contributed by atoms with van der Waals surface area (Å²) < 4.78 is 39.0. The number of benzene rings is 2. The largest absolute Gasteiger partial charge is 0.491 e. The molecule has 0 radical (unpaired) electrons. The van der Waals surface area contributed by atoms with Crippen LogP contribution in [-0.2, 0) is 16.0 Å². The number of hydrogen-bond acceptors (Lipinski definition) is 5. The highest BCUT2D eigenvalue weighted by Crippen LogP contribution is 2.34. The number of fused-ring (bicyclic) bond motifs is 1. The van der Waals surface area contributed by atoms with E-state index in [-0.39, 0.29) is 37.2 Å². The predicted octanol–water partition coefficient (Wildman–Crippen LogP) is 4.71. The number of amides is 2. The van der Waals surface area contributed by atoms with Crippen LogP contribution in [0.5, 0.6) is 5.75 Å². The molecular formula is C27H28F2N2O4S. The Kier molecular flexibility index (Phi) is 8.66. The van der Waals surface area contributed by atoms with Gasteiger partial charge in [0.2, 0.25) is 5.91 Å². The quantitative estimate of drug-likeness (QED) is 0.368. The van der Waals surface area contributed by atoms with E-state index in [2.05, 4.69) is 0 Å². The smallest absolute Gasteiger partial charge is 0.257 e. The summed E-state index contributed by atoms with van der Waals surface area (Å²) in [7, 11) is 1.56. The number of hydrogen-bond donors (Lipinski definition) is 0. The number of halogens is 2. The lowest BCUT2D eigenvalue weighted by atomic mass is 10.0. The lowest BCUT2D eigenvalue weighted by molar-refractivity contribution is -0.135. The molecule has 6 nitrogen and oxygen atoms in total. The Hall–Kier alpha value is -3.30. The van der Waals surface area contributed by atoms with Gasteiger partial charge >= 0.3 is 0 Å². The molecule has 1 unspecified atom stereocenters. The molecule has 1 aliphatic rings. The number of methoxy groups -OCH3 is 1. The van der Waals surface area contributed by atoms with Gasteiger partial charge in [-0.25, -0.2) is 8.78 Å². The van der Waals surface area contributed by atoms with Gasteiger partial charge in [-0.1, -0.05) is 18.2 Å². The van der Waals surface area contributed by atoms with Crippen molar-refractivity contribution in [1.82, 2.24) is 9.80 Å². The zero-order valence-corrected chi connectivity index (χ0v) is 20.8. The molecule has 190 valence electrons. The first-order valence-electron chi connectivity index (χ1n) is 11.7. The third-order valence-electron chi connectivity index (χ3n) is 6.11. The minimum Gasteiger partial charge on any atom is -0.491 e. The van der Waals surface area contributed by atoms with E-state index in [0.717, 1.165) is 5.56 Å².